The lowest BCUT2D eigenvalue weighted by molar-refractivity contribution is -0.148. The molecule has 0 radical (unpaired) electrons. The zero-order valence-electron chi connectivity index (χ0n) is 19.0. The molecule has 0 aromatic carbocycles. The summed E-state index contributed by atoms with van der Waals surface area (Å²) in [5.41, 5.74) is 2.74. The lowest BCUT2D eigenvalue weighted by atomic mass is 9.96. The van der Waals surface area contributed by atoms with Crippen LogP contribution in [0.2, 0.25) is 0 Å². The summed E-state index contributed by atoms with van der Waals surface area (Å²) >= 11 is 0. The van der Waals surface area contributed by atoms with Crippen LogP contribution in [0.25, 0.3) is 0 Å². The molecule has 2 fully saturated rings. The van der Waals surface area contributed by atoms with E-state index in [9.17, 15) is 29.3 Å². The number of ether oxygens (including phenoxy) is 2. The maximum Gasteiger partial charge on any atom is 0.403 e. The van der Waals surface area contributed by atoms with Crippen LogP contribution in [0.4, 0.5) is 5.82 Å². The van der Waals surface area contributed by atoms with E-state index in [4.69, 9.17) is 19.7 Å². The highest BCUT2D eigenvalue weighted by molar-refractivity contribution is 7.50. The van der Waals surface area contributed by atoms with E-state index in [2.05, 4.69) is 10.1 Å². The number of carbonyl (C=O) groups excluding carboxylic acids is 1. The summed E-state index contributed by atoms with van der Waals surface area (Å²) in [6, 6.07) is 1.32. The van der Waals surface area contributed by atoms with Gasteiger partial charge in [-0.15, -0.1) is 0 Å². The second kappa shape index (κ2) is 11.3. The molecule has 2 heterocycles. The number of esters is 1. The largest absolute Gasteiger partial charge is 0.464 e. The summed E-state index contributed by atoms with van der Waals surface area (Å²) in [6.07, 6.45) is 2.96. The maximum absolute atomic E-state index is 12.3. The molecule has 0 spiro atoms. The van der Waals surface area contributed by atoms with Crippen LogP contribution in [0.15, 0.2) is 17.1 Å². The molecule has 1 aliphatic heterocycles. The van der Waals surface area contributed by atoms with Gasteiger partial charge >= 0.3 is 19.4 Å². The molecule has 6 N–H and O–H groups in total. The van der Waals surface area contributed by atoms with Gasteiger partial charge in [-0.3, -0.25) is 13.9 Å². The molecule has 1 saturated heterocycles. The fourth-order valence-corrected chi connectivity index (χ4v) is 4.99. The Kier molecular flexibility index (Phi) is 8.85. The number of nitrogens with zero attached hydrogens (tertiary/aromatic N) is 2. The minimum absolute atomic E-state index is 0.0217. The summed E-state index contributed by atoms with van der Waals surface area (Å²) < 4.78 is 29.0. The van der Waals surface area contributed by atoms with E-state index in [0.29, 0.717) is 0 Å². The van der Waals surface area contributed by atoms with Crippen molar-refractivity contribution in [2.24, 2.45) is 5.92 Å². The summed E-state index contributed by atoms with van der Waals surface area (Å²) in [4.78, 5) is 37.8. The molecule has 2 aliphatic rings. The smallest absolute Gasteiger partial charge is 0.403 e. The molecule has 1 aliphatic carbocycles. The summed E-state index contributed by atoms with van der Waals surface area (Å²) in [5.74, 6) is -0.461. The number of rotatable bonds is 9. The van der Waals surface area contributed by atoms with Crippen molar-refractivity contribution in [2.45, 2.75) is 69.5 Å². The number of aliphatic hydroxyl groups is 2. The summed E-state index contributed by atoms with van der Waals surface area (Å²) in [6.45, 7) is 0.473. The lowest BCUT2D eigenvalue weighted by Crippen LogP contribution is -2.46. The van der Waals surface area contributed by atoms with Gasteiger partial charge in [-0.1, -0.05) is 25.7 Å². The van der Waals surface area contributed by atoms with Crippen LogP contribution < -0.4 is 16.5 Å². The molecule has 0 amide bonds. The van der Waals surface area contributed by atoms with Gasteiger partial charge in [0.25, 0.3) is 0 Å². The Bertz CT molecular complexity index is 948. The van der Waals surface area contributed by atoms with Crippen LogP contribution >= 0.6 is 7.75 Å². The molecule has 34 heavy (non-hydrogen) atoms. The van der Waals surface area contributed by atoms with Crippen LogP contribution in [0.5, 0.6) is 0 Å². The van der Waals surface area contributed by atoms with Gasteiger partial charge in [0, 0.05) is 12.7 Å². The third-order valence-corrected chi connectivity index (χ3v) is 7.24. The maximum atomic E-state index is 12.3. The monoisotopic (exact) mass is 504 g/mol. The van der Waals surface area contributed by atoms with Gasteiger partial charge in [0.05, 0.1) is 12.5 Å². The van der Waals surface area contributed by atoms with E-state index in [1.54, 1.807) is 0 Å². The van der Waals surface area contributed by atoms with Crippen molar-refractivity contribution in [3.63, 3.8) is 0 Å². The number of nitrogens with two attached hydrogens (primary N) is 1. The number of anilines is 1. The molecule has 13 nitrogen and oxygen atoms in total. The van der Waals surface area contributed by atoms with E-state index in [1.165, 1.54) is 19.2 Å². The predicted molar refractivity (Wildman–Crippen MR) is 119 cm³/mol. The quantitative estimate of drug-likeness (QED) is 0.131. The lowest BCUT2D eigenvalue weighted by Gasteiger charge is -2.27. The second-order valence-corrected chi connectivity index (χ2v) is 10.4. The van der Waals surface area contributed by atoms with Crippen molar-refractivity contribution in [3.05, 3.63) is 22.7 Å². The van der Waals surface area contributed by atoms with Crippen LogP contribution in [0, 0.1) is 5.92 Å². The van der Waals surface area contributed by atoms with Crippen molar-refractivity contribution in [2.75, 3.05) is 25.5 Å². The van der Waals surface area contributed by atoms with E-state index < -0.39 is 44.1 Å². The minimum atomic E-state index is -4.33. The van der Waals surface area contributed by atoms with Gasteiger partial charge in [-0.05, 0) is 25.8 Å². The molecule has 1 aromatic rings. The van der Waals surface area contributed by atoms with Gasteiger partial charge in [-0.2, -0.15) is 4.98 Å². The number of nitrogen functional groups attached to an aromatic ring is 1. The molecule has 1 unspecified atom stereocenters. The highest BCUT2D eigenvalue weighted by Gasteiger charge is 2.53. The highest BCUT2D eigenvalue weighted by atomic mass is 31.2. The first-order chi connectivity index (χ1) is 16.0. The van der Waals surface area contributed by atoms with Crippen LogP contribution in [0.3, 0.4) is 0 Å². The third kappa shape index (κ3) is 6.63. The summed E-state index contributed by atoms with van der Waals surface area (Å²) in [5, 5.41) is 23.4. The number of aromatic nitrogens is 2. The average Bonchev–Trinajstić information content (AvgIpc) is 2.96. The molecule has 0 bridgehead atoms. The average molecular weight is 504 g/mol. The molecule has 1 saturated carbocycles. The zero-order chi connectivity index (χ0) is 24.9. The fourth-order valence-electron chi connectivity index (χ4n) is 4.17. The van der Waals surface area contributed by atoms with Gasteiger partial charge in [0.1, 0.15) is 30.2 Å². The van der Waals surface area contributed by atoms with Crippen LogP contribution in [-0.2, 0) is 23.4 Å². The Hall–Kier alpha value is -1.86. The first-order valence-corrected chi connectivity index (χ1v) is 12.9. The van der Waals surface area contributed by atoms with Crippen molar-refractivity contribution in [3.8, 4) is 0 Å². The van der Waals surface area contributed by atoms with Crippen molar-refractivity contribution >= 4 is 19.5 Å². The first-order valence-electron chi connectivity index (χ1n) is 11.3. The number of carbonyl (C=O) groups is 1. The van der Waals surface area contributed by atoms with E-state index in [1.807, 2.05) is 0 Å². The normalized spacial score (nSPS) is 29.9. The fraction of sp³-hybridized carbons (Fsp3) is 0.750. The zero-order valence-corrected chi connectivity index (χ0v) is 19.9. The van der Waals surface area contributed by atoms with Crippen LogP contribution in [-0.4, -0.2) is 68.2 Å². The van der Waals surface area contributed by atoms with Crippen molar-refractivity contribution in [1.82, 2.24) is 14.6 Å². The Labute approximate surface area is 196 Å². The van der Waals surface area contributed by atoms with Crippen molar-refractivity contribution in [1.29, 1.82) is 0 Å². The van der Waals surface area contributed by atoms with E-state index in [-0.39, 0.29) is 30.9 Å². The number of nitrogens with one attached hydrogen (secondary N) is 1. The van der Waals surface area contributed by atoms with Crippen LogP contribution in [0.1, 0.15) is 51.7 Å². The molecule has 192 valence electrons. The van der Waals surface area contributed by atoms with E-state index in [0.717, 1.165) is 43.1 Å². The Morgan fingerprint density at radius 3 is 2.71 bits per heavy atom. The van der Waals surface area contributed by atoms with Gasteiger partial charge in [0.15, 0.2) is 6.23 Å². The first kappa shape index (κ1) is 26.7. The Morgan fingerprint density at radius 2 is 2.06 bits per heavy atom. The van der Waals surface area contributed by atoms with Gasteiger partial charge < -0.3 is 30.3 Å². The van der Waals surface area contributed by atoms with Gasteiger partial charge in [-0.25, -0.2) is 14.4 Å². The summed E-state index contributed by atoms with van der Waals surface area (Å²) in [7, 11) is -4.33. The molecular formula is C20H33N4O9P. The number of hydrogen-bond acceptors (Lipinski definition) is 10. The standard InChI is InChI=1S/C20H33N4O9P/c1-20(28)16(25)14(33-18(20)24-10-8-15(21)23-19(24)27)12-32-34(29,30)22-9-11-31-17(26)13-6-4-2-3-5-7-13/h8,10,13-14,16,18,25,28H,2-7,9,11-12H2,1H3,(H2,21,23,27)(H2,22,29,30)/t14-,16-,18-,20-/m1/s1. The Morgan fingerprint density at radius 1 is 1.38 bits per heavy atom. The molecule has 5 atom stereocenters. The molecule has 1 aromatic heterocycles. The SMILES string of the molecule is C[C@@]1(O)[C@H](O)[C@@H](COP(=O)(O)NCCOC(=O)C2CCCCCC2)O[C@H]1n1ccc(N)nc1=O. The van der Waals surface area contributed by atoms with Gasteiger partial charge in [0.2, 0.25) is 0 Å². The number of aliphatic hydroxyl groups excluding tert-OH is 1. The van der Waals surface area contributed by atoms with E-state index >= 15 is 0 Å². The topological polar surface area (TPSA) is 195 Å². The minimum Gasteiger partial charge on any atom is -0.464 e. The Balaban J connectivity index is 1.47. The van der Waals surface area contributed by atoms with Crippen molar-refractivity contribution < 1.29 is 38.5 Å². The molecular weight excluding hydrogens is 471 g/mol. The highest BCUT2D eigenvalue weighted by Crippen LogP contribution is 2.41. The molecule has 3 rings (SSSR count). The third-order valence-electron chi connectivity index (χ3n) is 6.12. The molecule has 14 heteroatoms. The predicted octanol–water partition coefficient (Wildman–Crippen LogP) is 0.0550. The second-order valence-electron chi connectivity index (χ2n) is 8.82. The number of hydrogen-bond donors (Lipinski definition) is 5.